The molecule has 30 rings (SSSR count). The highest BCUT2D eigenvalue weighted by molar-refractivity contribution is 6.27. The molecular weight excluding hydrogens is 1720 g/mol. The molecule has 3 aliphatic rings. The third-order valence-electron chi connectivity index (χ3n) is 32.0. The Hall–Kier alpha value is -17.6. The predicted molar refractivity (Wildman–Crippen MR) is 608 cm³/mol. The molecule has 3 nitrogen and oxygen atoms in total. The van der Waals surface area contributed by atoms with Crippen molar-refractivity contribution in [2.45, 2.75) is 57.8 Å². The van der Waals surface area contributed by atoms with Gasteiger partial charge in [-0.15, -0.1) is 0 Å². The Morgan fingerprint density at radius 2 is 0.434 bits per heavy atom. The van der Waals surface area contributed by atoms with Crippen molar-refractivity contribution in [1.29, 1.82) is 0 Å². The lowest BCUT2D eigenvalue weighted by atomic mass is 9.78. The largest absolute Gasteiger partial charge is 0.247 e. The van der Waals surface area contributed by atoms with Crippen LogP contribution in [-0.2, 0) is 16.2 Å². The Bertz CT molecular complexity index is 10000. The number of pyridine rings is 3. The number of benzene rings is 24. The van der Waals surface area contributed by atoms with Crippen LogP contribution in [0.25, 0.3) is 263 Å². The number of aromatic nitrogens is 3. The van der Waals surface area contributed by atoms with Crippen LogP contribution in [-0.4, -0.2) is 15.0 Å². The van der Waals surface area contributed by atoms with Crippen molar-refractivity contribution in [1.82, 2.24) is 15.0 Å². The van der Waals surface area contributed by atoms with E-state index in [1.807, 2.05) is 0 Å². The zero-order valence-electron chi connectivity index (χ0n) is 80.3. The number of hydrogen-bond acceptors (Lipinski definition) is 3. The number of rotatable bonds is 8. The van der Waals surface area contributed by atoms with Crippen LogP contribution in [0.3, 0.4) is 0 Å². The van der Waals surface area contributed by atoms with Crippen LogP contribution in [0.4, 0.5) is 0 Å². The maximum absolute atomic E-state index is 5.41. The van der Waals surface area contributed by atoms with Gasteiger partial charge in [0.25, 0.3) is 0 Å². The molecule has 3 aromatic heterocycles. The fourth-order valence-corrected chi connectivity index (χ4v) is 25.3. The highest BCUT2D eigenvalue weighted by Gasteiger charge is 2.44. The lowest BCUT2D eigenvalue weighted by Crippen LogP contribution is -2.16. The molecule has 3 heterocycles. The monoisotopic (exact) mass is 1820 g/mol. The number of hydrogen-bond donors (Lipinski definition) is 0. The van der Waals surface area contributed by atoms with Crippen LogP contribution >= 0.6 is 0 Å². The Labute approximate surface area is 830 Å². The molecule has 670 valence electrons. The Kier molecular flexibility index (Phi) is 18.8. The molecule has 3 aliphatic carbocycles. The summed E-state index contributed by atoms with van der Waals surface area (Å²) in [4.78, 5) is 16.1. The molecular formula is C140H95N3. The summed E-state index contributed by atoms with van der Waals surface area (Å²) in [7, 11) is 0. The van der Waals surface area contributed by atoms with Gasteiger partial charge < -0.3 is 0 Å². The second kappa shape index (κ2) is 32.2. The first kappa shape index (κ1) is 83.5. The van der Waals surface area contributed by atoms with Crippen LogP contribution < -0.4 is 0 Å². The summed E-state index contributed by atoms with van der Waals surface area (Å²) in [6.07, 6.45) is 0. The Morgan fingerprint density at radius 1 is 0.147 bits per heavy atom. The van der Waals surface area contributed by atoms with E-state index in [2.05, 4.69) is 509 Å². The first-order valence-electron chi connectivity index (χ1n) is 50.1. The standard InChI is InChI=1S/C54H37N.C44H29N.C42H29N/c1-54(2)46-24-14-13-23-44(46)53-52(54)50(51-40-20-10-9-15-35(40)30-32-47(51)55-53)38-27-25-34(26-28-38)39-29-31-43-45(33-39)49(37-18-7-4-8-19-37)42-22-12-11-21-41(42)48(43)36-16-5-3-6-17-36;1-44(2)36-13-6-5-12-35(36)43-42(44)40(41-33-11-4-3-8-26(33)22-25-37(41)45-43)31-16-14-27(15-17-31)32-23-20-30-19-18-28-9-7-10-29-21-24-34(32)39(30)38(28)29;1-42(2)36-14-8-7-13-35(36)41-40(42)38(39-34-12-6-5-9-27(34)21-22-37(39)43-41)28-17-15-26(16-18-28)31-19-20-32-23-29-10-3-4-11-30(29)24-33(32)25-31/h3-33H,1-2H3;3-25H,1-2H3;3-25H,1-2H3. The van der Waals surface area contributed by atoms with E-state index in [1.54, 1.807) is 0 Å². The second-order valence-corrected chi connectivity index (χ2v) is 40.9. The molecule has 0 unspecified atom stereocenters. The number of nitrogens with zero attached hydrogens (tertiary/aromatic N) is 3. The van der Waals surface area contributed by atoms with E-state index in [9.17, 15) is 0 Å². The minimum Gasteiger partial charge on any atom is -0.247 e. The van der Waals surface area contributed by atoms with Crippen molar-refractivity contribution in [3.8, 4) is 123 Å². The van der Waals surface area contributed by atoms with Crippen LogP contribution in [0.1, 0.15) is 74.9 Å². The fourth-order valence-electron chi connectivity index (χ4n) is 25.3. The average molecular weight is 1820 g/mol. The van der Waals surface area contributed by atoms with Crippen LogP contribution in [0.15, 0.2) is 467 Å². The summed E-state index contributed by atoms with van der Waals surface area (Å²) in [5, 5.41) is 29.2. The van der Waals surface area contributed by atoms with Gasteiger partial charge in [0.15, 0.2) is 0 Å². The summed E-state index contributed by atoms with van der Waals surface area (Å²) < 4.78 is 0. The summed E-state index contributed by atoms with van der Waals surface area (Å²) in [6.45, 7) is 14.2. The third-order valence-corrected chi connectivity index (χ3v) is 32.0. The van der Waals surface area contributed by atoms with E-state index in [0.29, 0.717) is 0 Å². The summed E-state index contributed by atoms with van der Waals surface area (Å²) >= 11 is 0. The fraction of sp³-hybridized carbons (Fsp3) is 0.0643. The van der Waals surface area contributed by atoms with Gasteiger partial charge in [0.2, 0.25) is 0 Å². The van der Waals surface area contributed by atoms with E-state index < -0.39 is 0 Å². The lowest BCUT2D eigenvalue weighted by molar-refractivity contribution is 0.661. The molecule has 0 amide bonds. The van der Waals surface area contributed by atoms with Crippen molar-refractivity contribution in [2.24, 2.45) is 0 Å². The summed E-state index contributed by atoms with van der Waals surface area (Å²) in [6, 6.07) is 172. The molecule has 0 atom stereocenters. The molecule has 0 radical (unpaired) electrons. The second-order valence-electron chi connectivity index (χ2n) is 40.9. The van der Waals surface area contributed by atoms with Gasteiger partial charge in [0.1, 0.15) is 0 Å². The van der Waals surface area contributed by atoms with E-state index in [0.717, 1.165) is 33.6 Å². The minimum atomic E-state index is -0.205. The molecule has 0 spiro atoms. The first-order chi connectivity index (χ1) is 70.2. The quantitative estimate of drug-likeness (QED) is 0.112. The maximum atomic E-state index is 5.41. The van der Waals surface area contributed by atoms with Gasteiger partial charge in [-0.3, -0.25) is 0 Å². The Balaban J connectivity index is 0.000000105. The normalized spacial score (nSPS) is 13.4. The van der Waals surface area contributed by atoms with Crippen molar-refractivity contribution >= 4 is 140 Å². The topological polar surface area (TPSA) is 38.7 Å². The van der Waals surface area contributed by atoms with Crippen LogP contribution in [0.5, 0.6) is 0 Å². The minimum absolute atomic E-state index is 0.167. The van der Waals surface area contributed by atoms with Gasteiger partial charge in [-0.05, 0) is 273 Å². The zero-order valence-corrected chi connectivity index (χ0v) is 80.3. The molecule has 27 aromatic rings. The highest BCUT2D eigenvalue weighted by atomic mass is 14.8. The molecule has 0 aliphatic heterocycles. The average Bonchev–Trinajstić information content (AvgIpc) is 1.55. The first-order valence-corrected chi connectivity index (χ1v) is 50.1. The van der Waals surface area contributed by atoms with Gasteiger partial charge in [0, 0.05) is 49.1 Å². The summed E-state index contributed by atoms with van der Waals surface area (Å²) in [5.41, 5.74) is 37.6. The van der Waals surface area contributed by atoms with Crippen molar-refractivity contribution in [3.05, 3.63) is 500 Å². The third kappa shape index (κ3) is 13.0. The molecule has 0 N–H and O–H groups in total. The number of fused-ring (bicyclic) bond motifs is 22. The molecule has 24 aromatic carbocycles. The Morgan fingerprint density at radius 3 is 0.881 bits per heavy atom. The van der Waals surface area contributed by atoms with Gasteiger partial charge in [-0.25, -0.2) is 15.0 Å². The lowest BCUT2D eigenvalue weighted by Gasteiger charge is -2.26. The molecule has 0 bridgehead atoms. The SMILES string of the molecule is CC1(C)c2ccccc2-c2nc3ccc4ccccc4c3c(-c3ccc(-c4ccc5c(-c6ccccc6)c6ccccc6c(-c6ccccc6)c5c4)cc3)c21.CC1(C)c2ccccc2-c2nc3ccc4ccccc4c3c(-c3ccc(-c4ccc5cc6ccccc6cc5c4)cc3)c21.CC1(C)c2ccccc2-c2nc3ccc4ccccc4c3c(-c3ccc(-c4ccc5ccc6cccc7ccc4c5c67)cc3)c21. The van der Waals surface area contributed by atoms with Gasteiger partial charge in [0.05, 0.1) is 33.6 Å². The van der Waals surface area contributed by atoms with E-state index in [1.165, 1.54) is 263 Å². The van der Waals surface area contributed by atoms with Crippen LogP contribution in [0, 0.1) is 0 Å². The molecule has 143 heavy (non-hydrogen) atoms. The van der Waals surface area contributed by atoms with Crippen molar-refractivity contribution in [3.63, 3.8) is 0 Å². The molecule has 0 saturated carbocycles. The molecule has 3 heteroatoms. The van der Waals surface area contributed by atoms with Crippen LogP contribution in [0.2, 0.25) is 0 Å². The van der Waals surface area contributed by atoms with E-state index in [4.69, 9.17) is 15.0 Å². The molecule has 0 fully saturated rings. The maximum Gasteiger partial charge on any atom is 0.0759 e. The van der Waals surface area contributed by atoms with Crippen molar-refractivity contribution < 1.29 is 0 Å². The summed E-state index contributed by atoms with van der Waals surface area (Å²) in [5.74, 6) is 0. The van der Waals surface area contributed by atoms with Gasteiger partial charge in [-0.1, -0.05) is 466 Å². The molecule has 0 saturated heterocycles. The van der Waals surface area contributed by atoms with E-state index >= 15 is 0 Å². The smallest absolute Gasteiger partial charge is 0.0759 e. The van der Waals surface area contributed by atoms with E-state index in [-0.39, 0.29) is 16.2 Å². The van der Waals surface area contributed by atoms with Crippen molar-refractivity contribution in [2.75, 3.05) is 0 Å². The predicted octanol–water partition coefficient (Wildman–Crippen LogP) is 37.9. The zero-order chi connectivity index (χ0) is 95.2. The van der Waals surface area contributed by atoms with Gasteiger partial charge in [-0.2, -0.15) is 0 Å². The van der Waals surface area contributed by atoms with Gasteiger partial charge >= 0.3 is 0 Å². The highest BCUT2D eigenvalue weighted by Crippen LogP contribution is 2.59.